The summed E-state index contributed by atoms with van der Waals surface area (Å²) in [6, 6.07) is 5.91. The van der Waals surface area contributed by atoms with Gasteiger partial charge in [-0.05, 0) is 37.1 Å². The van der Waals surface area contributed by atoms with E-state index < -0.39 is 28.0 Å². The van der Waals surface area contributed by atoms with Gasteiger partial charge in [-0.3, -0.25) is 14.9 Å². The van der Waals surface area contributed by atoms with E-state index in [9.17, 15) is 23.7 Å². The van der Waals surface area contributed by atoms with Crippen LogP contribution in [0, 0.1) is 35.6 Å². The second-order valence-electron chi connectivity index (χ2n) is 4.78. The van der Waals surface area contributed by atoms with Crippen LogP contribution in [0.3, 0.4) is 0 Å². The number of nitrogens with one attached hydrogen (secondary N) is 1. The van der Waals surface area contributed by atoms with Crippen molar-refractivity contribution >= 4 is 17.3 Å². The maximum atomic E-state index is 13.6. The molecule has 7 heteroatoms. The molecule has 0 saturated heterocycles. The predicted octanol–water partition coefficient (Wildman–Crippen LogP) is 3.74. The number of carbonyl (C=O) groups is 1. The van der Waals surface area contributed by atoms with E-state index in [4.69, 9.17) is 0 Å². The van der Waals surface area contributed by atoms with E-state index in [1.807, 2.05) is 0 Å². The Morgan fingerprint density at radius 3 is 2.32 bits per heavy atom. The fourth-order valence-corrected chi connectivity index (χ4v) is 2.14. The van der Waals surface area contributed by atoms with Gasteiger partial charge >= 0.3 is 0 Å². The van der Waals surface area contributed by atoms with Gasteiger partial charge in [-0.15, -0.1) is 0 Å². The molecule has 0 aliphatic rings. The zero-order valence-corrected chi connectivity index (χ0v) is 11.8. The Labute approximate surface area is 124 Å². The van der Waals surface area contributed by atoms with Crippen LogP contribution in [0.2, 0.25) is 0 Å². The molecule has 1 N–H and O–H groups in total. The Morgan fingerprint density at radius 2 is 1.77 bits per heavy atom. The summed E-state index contributed by atoms with van der Waals surface area (Å²) < 4.78 is 27.2. The summed E-state index contributed by atoms with van der Waals surface area (Å²) in [4.78, 5) is 22.5. The van der Waals surface area contributed by atoms with Crippen LogP contribution in [0.1, 0.15) is 21.5 Å². The Kier molecular flexibility index (Phi) is 4.16. The van der Waals surface area contributed by atoms with Crippen molar-refractivity contribution < 1.29 is 18.5 Å². The number of halogens is 2. The molecule has 0 unspecified atom stereocenters. The van der Waals surface area contributed by atoms with Crippen molar-refractivity contribution in [3.8, 4) is 0 Å². The molecule has 0 spiro atoms. The van der Waals surface area contributed by atoms with Crippen molar-refractivity contribution in [1.29, 1.82) is 0 Å². The second kappa shape index (κ2) is 5.88. The Balaban J connectivity index is 2.47. The third kappa shape index (κ3) is 2.93. The number of nitro benzene ring substituents is 1. The van der Waals surface area contributed by atoms with Gasteiger partial charge in [0.15, 0.2) is 0 Å². The zero-order valence-electron chi connectivity index (χ0n) is 11.8. The number of benzene rings is 2. The SMILES string of the molecule is Cc1cc(C)c(NC(=O)c2c(F)cccc2F)c([N+](=O)[O-])c1. The van der Waals surface area contributed by atoms with Gasteiger partial charge in [0.25, 0.3) is 11.6 Å². The van der Waals surface area contributed by atoms with Crippen molar-refractivity contribution in [1.82, 2.24) is 0 Å². The summed E-state index contributed by atoms with van der Waals surface area (Å²) in [7, 11) is 0. The highest BCUT2D eigenvalue weighted by Crippen LogP contribution is 2.30. The number of amides is 1. The number of rotatable bonds is 3. The van der Waals surface area contributed by atoms with Gasteiger partial charge in [-0.2, -0.15) is 0 Å². The summed E-state index contributed by atoms with van der Waals surface area (Å²) in [6.45, 7) is 3.23. The van der Waals surface area contributed by atoms with E-state index in [2.05, 4.69) is 5.32 Å². The van der Waals surface area contributed by atoms with Gasteiger partial charge in [-0.25, -0.2) is 8.78 Å². The highest BCUT2D eigenvalue weighted by Gasteiger charge is 2.23. The monoisotopic (exact) mass is 306 g/mol. The van der Waals surface area contributed by atoms with Crippen molar-refractivity contribution in [3.05, 3.63) is 68.8 Å². The Hall–Kier alpha value is -2.83. The van der Waals surface area contributed by atoms with Crippen molar-refractivity contribution in [2.45, 2.75) is 13.8 Å². The molecule has 5 nitrogen and oxygen atoms in total. The van der Waals surface area contributed by atoms with E-state index in [1.165, 1.54) is 6.07 Å². The van der Waals surface area contributed by atoms with Crippen LogP contribution in [0.15, 0.2) is 30.3 Å². The summed E-state index contributed by atoms with van der Waals surface area (Å²) in [6.07, 6.45) is 0. The molecule has 114 valence electrons. The van der Waals surface area contributed by atoms with Crippen LogP contribution in [-0.2, 0) is 0 Å². The number of anilines is 1. The second-order valence-corrected chi connectivity index (χ2v) is 4.78. The minimum absolute atomic E-state index is 0.0803. The van der Waals surface area contributed by atoms with Crippen LogP contribution < -0.4 is 5.32 Å². The quantitative estimate of drug-likeness (QED) is 0.693. The lowest BCUT2D eigenvalue weighted by atomic mass is 10.1. The molecule has 1 amide bonds. The summed E-state index contributed by atoms with van der Waals surface area (Å²) >= 11 is 0. The molecule has 0 aliphatic heterocycles. The summed E-state index contributed by atoms with van der Waals surface area (Å²) in [5.74, 6) is -3.15. The van der Waals surface area contributed by atoms with Crippen molar-refractivity contribution in [2.75, 3.05) is 5.32 Å². The van der Waals surface area contributed by atoms with Crippen LogP contribution in [-0.4, -0.2) is 10.8 Å². The number of nitrogens with zero attached hydrogens (tertiary/aromatic N) is 1. The topological polar surface area (TPSA) is 72.2 Å². The number of carbonyl (C=O) groups excluding carboxylic acids is 1. The number of hydrogen-bond donors (Lipinski definition) is 1. The van der Waals surface area contributed by atoms with Gasteiger partial charge in [0.2, 0.25) is 0 Å². The third-order valence-electron chi connectivity index (χ3n) is 3.08. The fraction of sp³-hybridized carbons (Fsp3) is 0.133. The lowest BCUT2D eigenvalue weighted by molar-refractivity contribution is -0.384. The van der Waals surface area contributed by atoms with Crippen LogP contribution in [0.25, 0.3) is 0 Å². The average molecular weight is 306 g/mol. The maximum Gasteiger partial charge on any atom is 0.293 e. The molecule has 2 aromatic carbocycles. The van der Waals surface area contributed by atoms with Gasteiger partial charge < -0.3 is 5.32 Å². The van der Waals surface area contributed by atoms with Gasteiger partial charge in [0.1, 0.15) is 22.9 Å². The first-order valence-electron chi connectivity index (χ1n) is 6.32. The minimum Gasteiger partial charge on any atom is -0.316 e. The summed E-state index contributed by atoms with van der Waals surface area (Å²) in [5.41, 5.74) is -0.126. The maximum absolute atomic E-state index is 13.6. The first-order valence-corrected chi connectivity index (χ1v) is 6.32. The Morgan fingerprint density at radius 1 is 1.18 bits per heavy atom. The smallest absolute Gasteiger partial charge is 0.293 e. The number of aryl methyl sites for hydroxylation is 2. The molecule has 0 saturated carbocycles. The van der Waals surface area contributed by atoms with E-state index in [0.29, 0.717) is 11.1 Å². The lowest BCUT2D eigenvalue weighted by Gasteiger charge is -2.11. The zero-order chi connectivity index (χ0) is 16.4. The Bertz CT molecular complexity index is 755. The number of nitro groups is 1. The molecule has 2 aromatic rings. The average Bonchev–Trinajstić information content (AvgIpc) is 2.41. The van der Waals surface area contributed by atoms with Gasteiger partial charge in [0, 0.05) is 6.07 Å². The molecule has 2 rings (SSSR count). The third-order valence-corrected chi connectivity index (χ3v) is 3.08. The van der Waals surface area contributed by atoms with Gasteiger partial charge in [-0.1, -0.05) is 12.1 Å². The fourth-order valence-electron chi connectivity index (χ4n) is 2.14. The normalized spacial score (nSPS) is 10.4. The highest BCUT2D eigenvalue weighted by atomic mass is 19.1. The van der Waals surface area contributed by atoms with E-state index >= 15 is 0 Å². The molecule has 0 fully saturated rings. The molecule has 0 radical (unpaired) electrons. The molecule has 22 heavy (non-hydrogen) atoms. The van der Waals surface area contributed by atoms with E-state index in [-0.39, 0.29) is 11.4 Å². The minimum atomic E-state index is -1.08. The van der Waals surface area contributed by atoms with Crippen molar-refractivity contribution in [2.24, 2.45) is 0 Å². The molecule has 0 aliphatic carbocycles. The van der Waals surface area contributed by atoms with E-state index in [1.54, 1.807) is 19.9 Å². The molecule has 0 bridgehead atoms. The van der Waals surface area contributed by atoms with E-state index in [0.717, 1.165) is 18.2 Å². The molecular weight excluding hydrogens is 294 g/mol. The molecule has 0 heterocycles. The van der Waals surface area contributed by atoms with Gasteiger partial charge in [0.05, 0.1) is 4.92 Å². The van der Waals surface area contributed by atoms with Crippen molar-refractivity contribution in [3.63, 3.8) is 0 Å². The molecule has 0 aromatic heterocycles. The largest absolute Gasteiger partial charge is 0.316 e. The summed E-state index contributed by atoms with van der Waals surface area (Å²) in [5, 5.41) is 13.3. The highest BCUT2D eigenvalue weighted by molar-refractivity contribution is 6.06. The predicted molar refractivity (Wildman–Crippen MR) is 76.9 cm³/mol. The van der Waals surface area contributed by atoms with Crippen LogP contribution in [0.5, 0.6) is 0 Å². The first-order chi connectivity index (χ1) is 10.3. The first kappa shape index (κ1) is 15.6. The standard InChI is InChI=1S/C15H12F2N2O3/c1-8-6-9(2)14(12(7-8)19(21)22)18-15(20)13-10(16)4-3-5-11(13)17/h3-7H,1-2H3,(H,18,20). The van der Waals surface area contributed by atoms with Crippen LogP contribution >= 0.6 is 0 Å². The molecule has 0 atom stereocenters. The molecular formula is C15H12F2N2O3. The van der Waals surface area contributed by atoms with Crippen LogP contribution in [0.4, 0.5) is 20.2 Å². The lowest BCUT2D eigenvalue weighted by Crippen LogP contribution is -2.17. The number of hydrogen-bond acceptors (Lipinski definition) is 3.